The van der Waals surface area contributed by atoms with Crippen molar-refractivity contribution in [1.29, 1.82) is 0 Å². The first kappa shape index (κ1) is 13.7. The van der Waals surface area contributed by atoms with Crippen molar-refractivity contribution in [3.8, 4) is 0 Å². The zero-order valence-corrected chi connectivity index (χ0v) is 11.4. The molecule has 0 fully saturated rings. The summed E-state index contributed by atoms with van der Waals surface area (Å²) in [6.45, 7) is 3.92. The van der Waals surface area contributed by atoms with E-state index in [1.54, 1.807) is 0 Å². The molecule has 2 N–H and O–H groups in total. The molecule has 0 aliphatic carbocycles. The largest absolute Gasteiger partial charge is 0.390 e. The third-order valence-electron chi connectivity index (χ3n) is 2.81. The summed E-state index contributed by atoms with van der Waals surface area (Å²) in [5.74, 6) is 0. The summed E-state index contributed by atoms with van der Waals surface area (Å²) in [6.07, 6.45) is 0.786. The zero-order chi connectivity index (χ0) is 12.1. The number of hydrogen-bond acceptors (Lipinski definition) is 2. The van der Waals surface area contributed by atoms with Crippen LogP contribution in [0.15, 0.2) is 22.7 Å². The van der Waals surface area contributed by atoms with Gasteiger partial charge in [-0.25, -0.2) is 0 Å². The third kappa shape index (κ3) is 3.89. The van der Waals surface area contributed by atoms with E-state index in [2.05, 4.69) is 22.0 Å². The summed E-state index contributed by atoms with van der Waals surface area (Å²) in [4.78, 5) is 0. The summed E-state index contributed by atoms with van der Waals surface area (Å²) in [5.41, 5.74) is 2.39. The molecule has 2 atom stereocenters. The zero-order valence-electron chi connectivity index (χ0n) is 9.78. The Morgan fingerprint density at radius 1 is 1.25 bits per heavy atom. The highest BCUT2D eigenvalue weighted by Crippen LogP contribution is 2.18. The minimum absolute atomic E-state index is 0.598. The number of benzene rings is 1. The van der Waals surface area contributed by atoms with Crippen molar-refractivity contribution in [2.45, 2.75) is 45.3 Å². The second kappa shape index (κ2) is 6.38. The molecule has 90 valence electrons. The van der Waals surface area contributed by atoms with Crippen LogP contribution in [0, 0.1) is 6.92 Å². The molecule has 0 aliphatic heterocycles. The highest BCUT2D eigenvalue weighted by molar-refractivity contribution is 9.10. The second-order valence-corrected chi connectivity index (χ2v) is 5.02. The standard InChI is InChI=1S/C13H19BrO2/c1-3-12(15)13(16)7-5-10-4-6-11(14)9(2)8-10/h4,6,8,12-13,15-16H,3,5,7H2,1-2H3. The molecule has 0 saturated heterocycles. The highest BCUT2D eigenvalue weighted by atomic mass is 79.9. The molecule has 2 nitrogen and oxygen atoms in total. The smallest absolute Gasteiger partial charge is 0.0802 e. The van der Waals surface area contributed by atoms with Crippen molar-refractivity contribution in [3.05, 3.63) is 33.8 Å². The summed E-state index contributed by atoms with van der Waals surface area (Å²) < 4.78 is 1.10. The molecule has 0 saturated carbocycles. The minimum atomic E-state index is -0.617. The Morgan fingerprint density at radius 2 is 1.94 bits per heavy atom. The van der Waals surface area contributed by atoms with Gasteiger partial charge in [-0.05, 0) is 43.4 Å². The first-order valence-corrected chi connectivity index (χ1v) is 6.45. The molecule has 0 aliphatic rings. The Bertz CT molecular complexity index is 339. The molecule has 0 aromatic heterocycles. The van der Waals surface area contributed by atoms with E-state index < -0.39 is 12.2 Å². The predicted molar refractivity (Wildman–Crippen MR) is 69.5 cm³/mol. The van der Waals surface area contributed by atoms with Crippen LogP contribution in [0.2, 0.25) is 0 Å². The molecule has 1 aromatic carbocycles. The lowest BCUT2D eigenvalue weighted by atomic mass is 10.0. The van der Waals surface area contributed by atoms with Gasteiger partial charge in [-0.2, -0.15) is 0 Å². The van der Waals surface area contributed by atoms with Gasteiger partial charge in [0.05, 0.1) is 12.2 Å². The van der Waals surface area contributed by atoms with Crippen LogP contribution in [-0.4, -0.2) is 22.4 Å². The topological polar surface area (TPSA) is 40.5 Å². The number of aliphatic hydroxyl groups is 2. The van der Waals surface area contributed by atoms with Crippen LogP contribution < -0.4 is 0 Å². The predicted octanol–water partition coefficient (Wildman–Crippen LogP) is 2.82. The van der Waals surface area contributed by atoms with E-state index in [1.807, 2.05) is 26.0 Å². The van der Waals surface area contributed by atoms with Crippen LogP contribution in [0.25, 0.3) is 0 Å². The maximum atomic E-state index is 9.64. The van der Waals surface area contributed by atoms with Crippen LogP contribution in [0.5, 0.6) is 0 Å². The number of aliphatic hydroxyl groups excluding tert-OH is 2. The molecule has 3 heteroatoms. The highest BCUT2D eigenvalue weighted by Gasteiger charge is 2.13. The fraction of sp³-hybridized carbons (Fsp3) is 0.538. The maximum absolute atomic E-state index is 9.64. The Hall–Kier alpha value is -0.380. The first-order valence-electron chi connectivity index (χ1n) is 5.65. The average Bonchev–Trinajstić information content (AvgIpc) is 2.29. The SMILES string of the molecule is CCC(O)C(O)CCc1ccc(Br)c(C)c1. The maximum Gasteiger partial charge on any atom is 0.0802 e. The van der Waals surface area contributed by atoms with E-state index in [4.69, 9.17) is 0 Å². The van der Waals surface area contributed by atoms with Gasteiger partial charge in [0.2, 0.25) is 0 Å². The van der Waals surface area contributed by atoms with Crippen molar-refractivity contribution in [3.63, 3.8) is 0 Å². The van der Waals surface area contributed by atoms with Crippen LogP contribution in [0.4, 0.5) is 0 Å². The van der Waals surface area contributed by atoms with Gasteiger partial charge in [-0.15, -0.1) is 0 Å². The molecule has 1 rings (SSSR count). The normalized spacial score (nSPS) is 14.8. The van der Waals surface area contributed by atoms with Gasteiger partial charge in [0.15, 0.2) is 0 Å². The first-order chi connectivity index (χ1) is 7.54. The van der Waals surface area contributed by atoms with Crippen LogP contribution in [-0.2, 0) is 6.42 Å². The van der Waals surface area contributed by atoms with Crippen molar-refractivity contribution in [2.75, 3.05) is 0 Å². The molecule has 0 bridgehead atoms. The minimum Gasteiger partial charge on any atom is -0.390 e. The molecule has 1 aromatic rings. The lowest BCUT2D eigenvalue weighted by Gasteiger charge is -2.16. The Labute approximate surface area is 105 Å². The molecule has 0 heterocycles. The van der Waals surface area contributed by atoms with E-state index in [0.29, 0.717) is 12.8 Å². The van der Waals surface area contributed by atoms with Gasteiger partial charge >= 0.3 is 0 Å². The monoisotopic (exact) mass is 286 g/mol. The van der Waals surface area contributed by atoms with E-state index in [1.165, 1.54) is 11.1 Å². The van der Waals surface area contributed by atoms with E-state index in [0.717, 1.165) is 10.9 Å². The second-order valence-electron chi connectivity index (χ2n) is 4.17. The summed E-state index contributed by atoms with van der Waals surface area (Å²) in [6, 6.07) is 6.17. The van der Waals surface area contributed by atoms with Gasteiger partial charge < -0.3 is 10.2 Å². The van der Waals surface area contributed by atoms with Gasteiger partial charge in [-0.1, -0.05) is 35.0 Å². The fourth-order valence-electron chi connectivity index (χ4n) is 1.64. The molecule has 0 amide bonds. The molecule has 2 unspecified atom stereocenters. The Morgan fingerprint density at radius 3 is 2.50 bits per heavy atom. The lowest BCUT2D eigenvalue weighted by molar-refractivity contribution is 0.0130. The van der Waals surface area contributed by atoms with Gasteiger partial charge in [0.1, 0.15) is 0 Å². The van der Waals surface area contributed by atoms with Crippen LogP contribution in [0.1, 0.15) is 30.9 Å². The van der Waals surface area contributed by atoms with Gasteiger partial charge in [0, 0.05) is 4.47 Å². The molecule has 0 spiro atoms. The fourth-order valence-corrected chi connectivity index (χ4v) is 1.89. The van der Waals surface area contributed by atoms with E-state index in [9.17, 15) is 10.2 Å². The number of hydrogen-bond donors (Lipinski definition) is 2. The lowest BCUT2D eigenvalue weighted by Crippen LogP contribution is -2.25. The Balaban J connectivity index is 2.51. The molecule has 0 radical (unpaired) electrons. The summed E-state index contributed by atoms with van der Waals surface area (Å²) in [5, 5.41) is 19.1. The van der Waals surface area contributed by atoms with E-state index >= 15 is 0 Å². The number of rotatable bonds is 5. The van der Waals surface area contributed by atoms with Gasteiger partial charge in [0.25, 0.3) is 0 Å². The van der Waals surface area contributed by atoms with Crippen molar-refractivity contribution in [2.24, 2.45) is 0 Å². The van der Waals surface area contributed by atoms with Crippen molar-refractivity contribution in [1.82, 2.24) is 0 Å². The van der Waals surface area contributed by atoms with Crippen LogP contribution >= 0.6 is 15.9 Å². The third-order valence-corrected chi connectivity index (χ3v) is 3.70. The quantitative estimate of drug-likeness (QED) is 0.874. The summed E-state index contributed by atoms with van der Waals surface area (Å²) >= 11 is 3.45. The average molecular weight is 287 g/mol. The van der Waals surface area contributed by atoms with Gasteiger partial charge in [-0.3, -0.25) is 0 Å². The Kier molecular flexibility index (Phi) is 5.46. The van der Waals surface area contributed by atoms with Crippen molar-refractivity contribution < 1.29 is 10.2 Å². The molecule has 16 heavy (non-hydrogen) atoms. The molecular formula is C13H19BrO2. The van der Waals surface area contributed by atoms with Crippen LogP contribution in [0.3, 0.4) is 0 Å². The van der Waals surface area contributed by atoms with Crippen molar-refractivity contribution >= 4 is 15.9 Å². The number of aryl methyl sites for hydroxylation is 2. The summed E-state index contributed by atoms with van der Waals surface area (Å²) in [7, 11) is 0. The number of halogens is 1. The molecular weight excluding hydrogens is 268 g/mol. The van der Waals surface area contributed by atoms with E-state index in [-0.39, 0.29) is 0 Å².